The molecule has 0 saturated heterocycles. The first kappa shape index (κ1) is 38.8. The van der Waals surface area contributed by atoms with E-state index in [4.69, 9.17) is 14.2 Å². The lowest BCUT2D eigenvalue weighted by Gasteiger charge is -2.28. The van der Waals surface area contributed by atoms with Gasteiger partial charge in [-0.15, -0.1) is 0 Å². The number of benzene rings is 2. The molecular weight excluding hydrogens is 630 g/mol. The number of aliphatic carboxylic acids is 1. The number of carboxylic acid groups (broad SMARTS) is 1. The summed E-state index contributed by atoms with van der Waals surface area (Å²) in [5.41, 5.74) is 2.79. The summed E-state index contributed by atoms with van der Waals surface area (Å²) in [5, 5.41) is 14.9. The second kappa shape index (κ2) is 17.7. The van der Waals surface area contributed by atoms with Gasteiger partial charge >= 0.3 is 24.2 Å². The van der Waals surface area contributed by atoms with Crippen molar-refractivity contribution in [2.75, 3.05) is 19.7 Å². The largest absolute Gasteiger partial charge is 0.480 e. The summed E-state index contributed by atoms with van der Waals surface area (Å²) in [6, 6.07) is 14.8. The van der Waals surface area contributed by atoms with Crippen molar-refractivity contribution in [3.63, 3.8) is 0 Å². The van der Waals surface area contributed by atoms with E-state index in [1.165, 1.54) is 0 Å². The minimum atomic E-state index is -1.16. The molecule has 0 aromatic heterocycles. The summed E-state index contributed by atoms with van der Waals surface area (Å²) in [6.45, 7) is 10.8. The van der Waals surface area contributed by atoms with Gasteiger partial charge in [-0.25, -0.2) is 24.1 Å². The van der Waals surface area contributed by atoms with Gasteiger partial charge in [-0.3, -0.25) is 4.79 Å². The van der Waals surface area contributed by atoms with Gasteiger partial charge in [0, 0.05) is 25.4 Å². The van der Waals surface area contributed by atoms with Crippen molar-refractivity contribution >= 4 is 30.2 Å². The predicted octanol–water partition coefficient (Wildman–Crippen LogP) is 7.00. The summed E-state index contributed by atoms with van der Waals surface area (Å²) >= 11 is 0. The smallest absolute Gasteiger partial charge is 0.419 e. The fourth-order valence-corrected chi connectivity index (χ4v) is 5.45. The molecule has 12 nitrogen and oxygen atoms in total. The monoisotopic (exact) mass is 681 g/mol. The minimum Gasteiger partial charge on any atom is -0.480 e. The van der Waals surface area contributed by atoms with E-state index in [0.29, 0.717) is 38.6 Å². The first-order valence-electron chi connectivity index (χ1n) is 16.9. The number of unbranched alkanes of at least 4 members (excludes halogenated alkanes) is 3. The predicted molar refractivity (Wildman–Crippen MR) is 184 cm³/mol. The summed E-state index contributed by atoms with van der Waals surface area (Å²) in [5.74, 6) is -1.44. The Morgan fingerprint density at radius 1 is 0.776 bits per heavy atom. The van der Waals surface area contributed by atoms with Crippen molar-refractivity contribution in [3.05, 3.63) is 59.7 Å². The third kappa shape index (κ3) is 12.7. The second-order valence-electron chi connectivity index (χ2n) is 14.1. The molecule has 1 atom stereocenters. The zero-order chi connectivity index (χ0) is 36.2. The zero-order valence-electron chi connectivity index (χ0n) is 29.5. The Balaban J connectivity index is 1.33. The van der Waals surface area contributed by atoms with Crippen molar-refractivity contribution < 1.29 is 43.3 Å². The Morgan fingerprint density at radius 2 is 1.33 bits per heavy atom. The first-order chi connectivity index (χ1) is 23.1. The molecule has 0 spiro atoms. The van der Waals surface area contributed by atoms with Crippen LogP contribution in [0.1, 0.15) is 104 Å². The average molecular weight is 682 g/mol. The second-order valence-corrected chi connectivity index (χ2v) is 14.1. The van der Waals surface area contributed by atoms with Crippen LogP contribution in [0.4, 0.5) is 14.4 Å². The van der Waals surface area contributed by atoms with Gasteiger partial charge in [0.25, 0.3) is 0 Å². The number of fused-ring (bicyclic) bond motifs is 3. The number of hydrogen-bond acceptors (Lipinski definition) is 8. The maximum atomic E-state index is 12.6. The summed E-state index contributed by atoms with van der Waals surface area (Å²) in [6.07, 6.45) is 0.707. The van der Waals surface area contributed by atoms with E-state index in [0.717, 1.165) is 27.2 Å². The molecule has 2 aromatic rings. The fourth-order valence-electron chi connectivity index (χ4n) is 5.45. The van der Waals surface area contributed by atoms with Crippen LogP contribution in [-0.4, -0.2) is 77.1 Å². The van der Waals surface area contributed by atoms with E-state index < -0.39 is 41.5 Å². The van der Waals surface area contributed by atoms with Crippen LogP contribution in [0.3, 0.4) is 0 Å². The SMILES string of the molecule is CC(C)(C)OC(=O)N(CCCCCC(=O)NCCCCC(NC(=O)OCC1c2ccccc2-c2ccccc21)C(=O)O)C(=O)OC(C)(C)C. The molecule has 12 heteroatoms. The molecule has 2 aromatic carbocycles. The van der Waals surface area contributed by atoms with E-state index in [-0.39, 0.29) is 37.8 Å². The molecule has 0 saturated carbocycles. The van der Waals surface area contributed by atoms with Crippen LogP contribution in [0.15, 0.2) is 48.5 Å². The number of hydrogen-bond donors (Lipinski definition) is 3. The number of nitrogens with one attached hydrogen (secondary N) is 2. The van der Waals surface area contributed by atoms with E-state index in [2.05, 4.69) is 10.6 Å². The maximum absolute atomic E-state index is 12.6. The molecule has 0 heterocycles. The third-order valence-corrected chi connectivity index (χ3v) is 7.69. The normalized spacial score (nSPS) is 13.0. The van der Waals surface area contributed by atoms with Gasteiger partial charge in [-0.2, -0.15) is 0 Å². The molecule has 0 radical (unpaired) electrons. The number of alkyl carbamates (subject to hydrolysis) is 1. The summed E-state index contributed by atoms with van der Waals surface area (Å²) < 4.78 is 16.2. The molecule has 49 heavy (non-hydrogen) atoms. The number of imide groups is 1. The van der Waals surface area contributed by atoms with Crippen LogP contribution in [0.5, 0.6) is 0 Å². The van der Waals surface area contributed by atoms with Crippen LogP contribution in [0.25, 0.3) is 11.1 Å². The minimum absolute atomic E-state index is 0.0873. The average Bonchev–Trinajstić information content (AvgIpc) is 3.32. The van der Waals surface area contributed by atoms with Crippen molar-refractivity contribution in [2.24, 2.45) is 0 Å². The van der Waals surface area contributed by atoms with Crippen LogP contribution >= 0.6 is 0 Å². The lowest BCUT2D eigenvalue weighted by atomic mass is 9.98. The van der Waals surface area contributed by atoms with Crippen LogP contribution in [-0.2, 0) is 23.8 Å². The van der Waals surface area contributed by atoms with Crippen LogP contribution < -0.4 is 10.6 Å². The van der Waals surface area contributed by atoms with E-state index in [1.807, 2.05) is 48.5 Å². The Kier molecular flexibility index (Phi) is 14.0. The topological polar surface area (TPSA) is 161 Å². The van der Waals surface area contributed by atoms with Crippen molar-refractivity contribution in [1.29, 1.82) is 0 Å². The highest BCUT2D eigenvalue weighted by molar-refractivity contribution is 5.88. The Bertz CT molecular complexity index is 1390. The van der Waals surface area contributed by atoms with Gasteiger partial charge in [0.05, 0.1) is 0 Å². The number of ether oxygens (including phenoxy) is 3. The van der Waals surface area contributed by atoms with E-state index >= 15 is 0 Å². The van der Waals surface area contributed by atoms with Crippen molar-refractivity contribution in [3.8, 4) is 11.1 Å². The number of carboxylic acids is 1. The van der Waals surface area contributed by atoms with Crippen LogP contribution in [0, 0.1) is 0 Å². The van der Waals surface area contributed by atoms with Crippen molar-refractivity contribution in [2.45, 2.75) is 110 Å². The highest BCUT2D eigenvalue weighted by Crippen LogP contribution is 2.44. The molecule has 0 aliphatic heterocycles. The van der Waals surface area contributed by atoms with Gasteiger partial charge in [0.2, 0.25) is 5.91 Å². The highest BCUT2D eigenvalue weighted by Gasteiger charge is 2.31. The van der Waals surface area contributed by atoms with E-state index in [9.17, 15) is 29.1 Å². The number of carbonyl (C=O) groups excluding carboxylic acids is 4. The summed E-state index contributed by atoms with van der Waals surface area (Å²) in [7, 11) is 0. The third-order valence-electron chi connectivity index (χ3n) is 7.69. The van der Waals surface area contributed by atoms with Gasteiger partial charge < -0.3 is 30.0 Å². The molecule has 4 amide bonds. The molecule has 3 N–H and O–H groups in total. The maximum Gasteiger partial charge on any atom is 0.419 e. The molecule has 1 aliphatic rings. The number of amides is 4. The zero-order valence-corrected chi connectivity index (χ0v) is 29.5. The lowest BCUT2D eigenvalue weighted by Crippen LogP contribution is -2.44. The standard InChI is InChI=1S/C37H51N3O9/c1-36(2,3)48-34(45)40(35(46)49-37(4,5)6)23-15-7-8-21-31(41)38-22-14-13-20-30(32(42)43)39-33(44)47-24-29-27-18-11-9-16-25(27)26-17-10-12-19-28(26)29/h9-12,16-19,29-30H,7-8,13-15,20-24H2,1-6H3,(H,38,41)(H,39,44)(H,42,43). The molecule has 268 valence electrons. The lowest BCUT2D eigenvalue weighted by molar-refractivity contribution is -0.139. The van der Waals surface area contributed by atoms with Gasteiger partial charge in [0.15, 0.2) is 0 Å². The van der Waals surface area contributed by atoms with Gasteiger partial charge in [-0.1, -0.05) is 55.0 Å². The fraction of sp³-hybridized carbons (Fsp3) is 0.541. The Labute approximate surface area is 288 Å². The molecule has 0 bridgehead atoms. The molecule has 0 fully saturated rings. The molecule has 1 unspecified atom stereocenters. The van der Waals surface area contributed by atoms with Gasteiger partial charge in [0.1, 0.15) is 23.9 Å². The van der Waals surface area contributed by atoms with E-state index in [1.54, 1.807) is 41.5 Å². The first-order valence-corrected chi connectivity index (χ1v) is 16.9. The Hall–Kier alpha value is -4.61. The molecule has 3 rings (SSSR count). The quantitative estimate of drug-likeness (QED) is 0.133. The Morgan fingerprint density at radius 3 is 1.86 bits per heavy atom. The highest BCUT2D eigenvalue weighted by atomic mass is 16.6. The summed E-state index contributed by atoms with van der Waals surface area (Å²) in [4.78, 5) is 62.8. The number of rotatable bonds is 15. The molecule has 1 aliphatic carbocycles. The van der Waals surface area contributed by atoms with Crippen LogP contribution in [0.2, 0.25) is 0 Å². The number of carbonyl (C=O) groups is 5. The van der Waals surface area contributed by atoms with Crippen molar-refractivity contribution in [1.82, 2.24) is 15.5 Å². The van der Waals surface area contributed by atoms with Gasteiger partial charge in [-0.05, 0) is 95.9 Å². The molecular formula is C37H51N3O9. The number of nitrogens with zero attached hydrogens (tertiary/aromatic N) is 1.